The van der Waals surface area contributed by atoms with Gasteiger partial charge in [-0.15, -0.1) is 0 Å². The molecule has 0 radical (unpaired) electrons. The van der Waals surface area contributed by atoms with E-state index in [0.717, 1.165) is 12.6 Å². The SMILES string of the molecule is CCC(C)c1ccc(C(C)C)c(CNC2CC2)c1. The van der Waals surface area contributed by atoms with Crippen LogP contribution in [-0.2, 0) is 6.54 Å². The van der Waals surface area contributed by atoms with Crippen molar-refractivity contribution < 1.29 is 0 Å². The van der Waals surface area contributed by atoms with Crippen molar-refractivity contribution in [3.05, 3.63) is 34.9 Å². The van der Waals surface area contributed by atoms with Gasteiger partial charge in [-0.05, 0) is 47.8 Å². The number of hydrogen-bond donors (Lipinski definition) is 1. The van der Waals surface area contributed by atoms with Gasteiger partial charge in [-0.1, -0.05) is 45.9 Å². The second-order valence-corrected chi connectivity index (χ2v) is 6.08. The van der Waals surface area contributed by atoms with E-state index in [9.17, 15) is 0 Å². The zero-order valence-corrected chi connectivity index (χ0v) is 12.3. The molecule has 2 rings (SSSR count). The second kappa shape index (κ2) is 5.88. The Morgan fingerprint density at radius 2 is 1.94 bits per heavy atom. The van der Waals surface area contributed by atoms with Crippen molar-refractivity contribution >= 4 is 0 Å². The second-order valence-electron chi connectivity index (χ2n) is 6.08. The summed E-state index contributed by atoms with van der Waals surface area (Å²) in [6.07, 6.45) is 3.95. The van der Waals surface area contributed by atoms with E-state index in [1.165, 1.54) is 36.0 Å². The molecule has 1 aromatic carbocycles. The molecule has 1 unspecified atom stereocenters. The number of hydrogen-bond acceptors (Lipinski definition) is 1. The molecule has 0 heterocycles. The van der Waals surface area contributed by atoms with Gasteiger partial charge in [0, 0.05) is 12.6 Å². The first-order valence-corrected chi connectivity index (χ1v) is 7.48. The number of nitrogens with one attached hydrogen (secondary N) is 1. The Labute approximate surface area is 112 Å². The van der Waals surface area contributed by atoms with E-state index in [1.807, 2.05) is 0 Å². The third kappa shape index (κ3) is 3.35. The average molecular weight is 245 g/mol. The van der Waals surface area contributed by atoms with Crippen molar-refractivity contribution in [2.75, 3.05) is 0 Å². The van der Waals surface area contributed by atoms with Crippen LogP contribution >= 0.6 is 0 Å². The third-order valence-corrected chi connectivity index (χ3v) is 4.13. The van der Waals surface area contributed by atoms with Crippen LogP contribution in [0.3, 0.4) is 0 Å². The largest absolute Gasteiger partial charge is 0.310 e. The van der Waals surface area contributed by atoms with Crippen LogP contribution in [0.15, 0.2) is 18.2 Å². The van der Waals surface area contributed by atoms with Gasteiger partial charge < -0.3 is 5.32 Å². The summed E-state index contributed by atoms with van der Waals surface area (Å²) in [4.78, 5) is 0. The summed E-state index contributed by atoms with van der Waals surface area (Å²) in [5, 5.41) is 3.65. The van der Waals surface area contributed by atoms with Gasteiger partial charge in [-0.2, -0.15) is 0 Å². The van der Waals surface area contributed by atoms with E-state index in [2.05, 4.69) is 51.2 Å². The van der Waals surface area contributed by atoms with Crippen LogP contribution in [0.25, 0.3) is 0 Å². The minimum atomic E-state index is 0.618. The molecule has 1 nitrogen and oxygen atoms in total. The molecule has 18 heavy (non-hydrogen) atoms. The normalized spacial score (nSPS) is 17.2. The lowest BCUT2D eigenvalue weighted by atomic mass is 9.90. The Morgan fingerprint density at radius 1 is 1.22 bits per heavy atom. The lowest BCUT2D eigenvalue weighted by Crippen LogP contribution is -2.17. The number of benzene rings is 1. The predicted molar refractivity (Wildman–Crippen MR) is 79.1 cm³/mol. The summed E-state index contributed by atoms with van der Waals surface area (Å²) in [5.74, 6) is 1.29. The molecule has 1 aliphatic rings. The van der Waals surface area contributed by atoms with E-state index < -0.39 is 0 Å². The van der Waals surface area contributed by atoms with Gasteiger partial charge in [0.25, 0.3) is 0 Å². The molecule has 1 fully saturated rings. The maximum absolute atomic E-state index is 3.65. The summed E-state index contributed by atoms with van der Waals surface area (Å²) < 4.78 is 0. The first-order valence-electron chi connectivity index (χ1n) is 7.48. The highest BCUT2D eigenvalue weighted by Gasteiger charge is 2.21. The van der Waals surface area contributed by atoms with Crippen molar-refractivity contribution in [3.8, 4) is 0 Å². The molecule has 0 aliphatic heterocycles. The van der Waals surface area contributed by atoms with E-state index in [-0.39, 0.29) is 0 Å². The zero-order valence-electron chi connectivity index (χ0n) is 12.3. The Balaban J connectivity index is 2.18. The van der Waals surface area contributed by atoms with Crippen LogP contribution in [0.5, 0.6) is 0 Å². The first kappa shape index (κ1) is 13.6. The molecule has 1 heteroatoms. The summed E-state index contributed by atoms with van der Waals surface area (Å²) in [6.45, 7) is 10.2. The van der Waals surface area contributed by atoms with Crippen molar-refractivity contribution in [3.63, 3.8) is 0 Å². The molecule has 1 aromatic rings. The molecule has 0 aromatic heterocycles. The highest BCUT2D eigenvalue weighted by atomic mass is 14.9. The fraction of sp³-hybridized carbons (Fsp3) is 0.647. The Bertz CT molecular complexity index is 391. The smallest absolute Gasteiger partial charge is 0.0211 e. The maximum atomic E-state index is 3.65. The van der Waals surface area contributed by atoms with Crippen molar-refractivity contribution in [2.24, 2.45) is 0 Å². The first-order chi connectivity index (χ1) is 8.61. The maximum Gasteiger partial charge on any atom is 0.0211 e. The van der Waals surface area contributed by atoms with Gasteiger partial charge in [0.2, 0.25) is 0 Å². The molecular weight excluding hydrogens is 218 g/mol. The van der Waals surface area contributed by atoms with E-state index in [0.29, 0.717) is 11.8 Å². The summed E-state index contributed by atoms with van der Waals surface area (Å²) in [5.41, 5.74) is 4.51. The molecule has 0 saturated heterocycles. The third-order valence-electron chi connectivity index (χ3n) is 4.13. The molecule has 0 spiro atoms. The summed E-state index contributed by atoms with van der Waals surface area (Å²) >= 11 is 0. The lowest BCUT2D eigenvalue weighted by Gasteiger charge is -2.17. The molecule has 1 aliphatic carbocycles. The molecule has 100 valence electrons. The summed E-state index contributed by atoms with van der Waals surface area (Å²) in [6, 6.07) is 7.89. The zero-order chi connectivity index (χ0) is 13.1. The molecule has 0 bridgehead atoms. The van der Waals surface area contributed by atoms with Gasteiger partial charge in [0.1, 0.15) is 0 Å². The molecule has 1 saturated carbocycles. The van der Waals surface area contributed by atoms with Crippen LogP contribution in [0.4, 0.5) is 0 Å². The van der Waals surface area contributed by atoms with Crippen LogP contribution in [0.2, 0.25) is 0 Å². The molecular formula is C17H27N. The Morgan fingerprint density at radius 3 is 2.50 bits per heavy atom. The van der Waals surface area contributed by atoms with Crippen LogP contribution in [0.1, 0.15) is 75.5 Å². The van der Waals surface area contributed by atoms with Gasteiger partial charge >= 0.3 is 0 Å². The minimum absolute atomic E-state index is 0.618. The quantitative estimate of drug-likeness (QED) is 0.774. The van der Waals surface area contributed by atoms with Crippen LogP contribution in [-0.4, -0.2) is 6.04 Å². The van der Waals surface area contributed by atoms with Crippen molar-refractivity contribution in [1.82, 2.24) is 5.32 Å². The van der Waals surface area contributed by atoms with Gasteiger partial charge in [-0.25, -0.2) is 0 Å². The predicted octanol–water partition coefficient (Wildman–Crippen LogP) is 4.58. The molecule has 1 atom stereocenters. The van der Waals surface area contributed by atoms with E-state index >= 15 is 0 Å². The van der Waals surface area contributed by atoms with E-state index in [1.54, 1.807) is 0 Å². The van der Waals surface area contributed by atoms with Crippen molar-refractivity contribution in [1.29, 1.82) is 0 Å². The van der Waals surface area contributed by atoms with Gasteiger partial charge in [0.05, 0.1) is 0 Å². The van der Waals surface area contributed by atoms with Crippen molar-refractivity contribution in [2.45, 2.75) is 71.4 Å². The number of rotatable bonds is 6. The van der Waals surface area contributed by atoms with Crippen LogP contribution < -0.4 is 5.32 Å². The van der Waals surface area contributed by atoms with Gasteiger partial charge in [-0.3, -0.25) is 0 Å². The fourth-order valence-corrected chi connectivity index (χ4v) is 2.43. The van der Waals surface area contributed by atoms with Gasteiger partial charge in [0.15, 0.2) is 0 Å². The lowest BCUT2D eigenvalue weighted by molar-refractivity contribution is 0.670. The average Bonchev–Trinajstić information content (AvgIpc) is 3.18. The molecule has 1 N–H and O–H groups in total. The van der Waals surface area contributed by atoms with E-state index in [4.69, 9.17) is 0 Å². The highest BCUT2D eigenvalue weighted by molar-refractivity contribution is 5.35. The summed E-state index contributed by atoms with van der Waals surface area (Å²) in [7, 11) is 0. The Hall–Kier alpha value is -0.820. The minimum Gasteiger partial charge on any atom is -0.310 e. The Kier molecular flexibility index (Phi) is 4.45. The topological polar surface area (TPSA) is 12.0 Å². The standard InChI is InChI=1S/C17H27N/c1-5-13(4)14-6-9-17(12(2)3)15(10-14)11-18-16-7-8-16/h6,9-10,12-13,16,18H,5,7-8,11H2,1-4H3. The molecule has 0 amide bonds. The highest BCUT2D eigenvalue weighted by Crippen LogP contribution is 2.27. The fourth-order valence-electron chi connectivity index (χ4n) is 2.43. The van der Waals surface area contributed by atoms with Crippen LogP contribution in [0, 0.1) is 0 Å². The monoisotopic (exact) mass is 245 g/mol.